The minimum absolute atomic E-state index is 0.192. The van der Waals surface area contributed by atoms with E-state index in [4.69, 9.17) is 4.74 Å². The van der Waals surface area contributed by atoms with Crippen molar-refractivity contribution in [2.45, 2.75) is 19.0 Å². The van der Waals surface area contributed by atoms with E-state index in [1.807, 2.05) is 6.92 Å². The maximum atomic E-state index is 13.0. The van der Waals surface area contributed by atoms with Crippen molar-refractivity contribution in [1.82, 2.24) is 5.01 Å². The molecule has 0 aromatic heterocycles. The molecule has 4 rings (SSSR count). The predicted molar refractivity (Wildman–Crippen MR) is 109 cm³/mol. The third-order valence-corrected chi connectivity index (χ3v) is 5.06. The standard InChI is InChI=1S/C21H19N5O5/c1-12-7-9-13(10-8-12)26-19(28)17-18(20(26)29)25(24-23-17)11-16(27)22-15-6-4-3-5-14(15)21(30)31-2/h3-10,17-18H,11H2,1-2H3,(H,22,27). The van der Waals surface area contributed by atoms with E-state index in [-0.39, 0.29) is 17.8 Å². The van der Waals surface area contributed by atoms with Crippen LogP contribution >= 0.6 is 0 Å². The maximum Gasteiger partial charge on any atom is 0.339 e. The van der Waals surface area contributed by atoms with Crippen LogP contribution in [-0.4, -0.2) is 54.4 Å². The molecule has 10 heteroatoms. The van der Waals surface area contributed by atoms with E-state index < -0.39 is 35.8 Å². The summed E-state index contributed by atoms with van der Waals surface area (Å²) in [6.45, 7) is 1.58. The number of para-hydroxylation sites is 1. The molecule has 158 valence electrons. The number of rotatable bonds is 5. The van der Waals surface area contributed by atoms with Crippen LogP contribution < -0.4 is 10.2 Å². The van der Waals surface area contributed by atoms with Gasteiger partial charge in [-0.1, -0.05) is 35.1 Å². The zero-order chi connectivity index (χ0) is 22.1. The number of fused-ring (bicyclic) bond motifs is 1. The molecule has 2 aliphatic rings. The highest BCUT2D eigenvalue weighted by atomic mass is 16.5. The van der Waals surface area contributed by atoms with Gasteiger partial charge in [-0.3, -0.25) is 19.4 Å². The molecular formula is C21H19N5O5. The molecule has 10 nitrogen and oxygen atoms in total. The van der Waals surface area contributed by atoms with E-state index in [0.29, 0.717) is 5.69 Å². The Labute approximate surface area is 177 Å². The summed E-state index contributed by atoms with van der Waals surface area (Å²) < 4.78 is 4.71. The fraction of sp³-hybridized carbons (Fsp3) is 0.238. The number of aryl methyl sites for hydroxylation is 1. The van der Waals surface area contributed by atoms with Gasteiger partial charge in [0.2, 0.25) is 5.91 Å². The number of methoxy groups -OCH3 is 1. The summed E-state index contributed by atoms with van der Waals surface area (Å²) in [5.74, 6) is -2.10. The van der Waals surface area contributed by atoms with Gasteiger partial charge in [-0.05, 0) is 31.2 Å². The van der Waals surface area contributed by atoms with Crippen LogP contribution in [0.5, 0.6) is 0 Å². The number of carbonyl (C=O) groups is 4. The number of nitrogens with one attached hydrogen (secondary N) is 1. The first-order valence-corrected chi connectivity index (χ1v) is 9.50. The van der Waals surface area contributed by atoms with Crippen molar-refractivity contribution in [1.29, 1.82) is 0 Å². The lowest BCUT2D eigenvalue weighted by molar-refractivity contribution is -0.123. The lowest BCUT2D eigenvalue weighted by atomic mass is 10.1. The molecule has 1 saturated heterocycles. The summed E-state index contributed by atoms with van der Waals surface area (Å²) in [4.78, 5) is 51.2. The molecule has 31 heavy (non-hydrogen) atoms. The minimum atomic E-state index is -0.996. The number of anilines is 2. The lowest BCUT2D eigenvalue weighted by Gasteiger charge is -2.20. The largest absolute Gasteiger partial charge is 0.465 e. The molecular weight excluding hydrogens is 402 g/mol. The Bertz CT molecular complexity index is 1100. The molecule has 2 unspecified atom stereocenters. The van der Waals surface area contributed by atoms with E-state index in [9.17, 15) is 19.2 Å². The Morgan fingerprint density at radius 2 is 1.77 bits per heavy atom. The zero-order valence-corrected chi connectivity index (χ0v) is 16.8. The number of nitrogens with zero attached hydrogens (tertiary/aromatic N) is 4. The number of carbonyl (C=O) groups excluding carboxylic acids is 4. The van der Waals surface area contributed by atoms with Crippen LogP contribution in [0.3, 0.4) is 0 Å². The van der Waals surface area contributed by atoms with Gasteiger partial charge in [-0.2, -0.15) is 5.11 Å². The van der Waals surface area contributed by atoms with Gasteiger partial charge in [0.05, 0.1) is 24.0 Å². The number of benzene rings is 2. The van der Waals surface area contributed by atoms with Crippen LogP contribution in [0.4, 0.5) is 11.4 Å². The molecule has 0 bridgehead atoms. The Morgan fingerprint density at radius 3 is 2.48 bits per heavy atom. The number of ether oxygens (including phenoxy) is 1. The van der Waals surface area contributed by atoms with Crippen molar-refractivity contribution in [2.75, 3.05) is 23.9 Å². The van der Waals surface area contributed by atoms with Crippen molar-refractivity contribution in [3.8, 4) is 0 Å². The summed E-state index contributed by atoms with van der Waals surface area (Å²) in [7, 11) is 1.24. The van der Waals surface area contributed by atoms with Gasteiger partial charge in [-0.15, -0.1) is 0 Å². The van der Waals surface area contributed by atoms with Crippen LogP contribution in [0.15, 0.2) is 58.9 Å². The smallest absolute Gasteiger partial charge is 0.339 e. The van der Waals surface area contributed by atoms with Gasteiger partial charge in [0, 0.05) is 0 Å². The normalized spacial score (nSPS) is 19.5. The Hall–Kier alpha value is -4.08. The highest BCUT2D eigenvalue weighted by Crippen LogP contribution is 2.32. The second-order valence-corrected chi connectivity index (χ2v) is 7.12. The summed E-state index contributed by atoms with van der Waals surface area (Å²) in [5, 5.41) is 11.6. The molecule has 1 N–H and O–H groups in total. The first-order chi connectivity index (χ1) is 14.9. The van der Waals surface area contributed by atoms with Crippen LogP contribution in [0.25, 0.3) is 0 Å². The molecule has 2 aliphatic heterocycles. The molecule has 2 aromatic carbocycles. The number of hydrogen-bond acceptors (Lipinski definition) is 8. The predicted octanol–water partition coefficient (Wildman–Crippen LogP) is 1.71. The Morgan fingerprint density at radius 1 is 1.06 bits per heavy atom. The molecule has 0 radical (unpaired) electrons. The van der Waals surface area contributed by atoms with E-state index in [1.54, 1.807) is 42.5 Å². The second kappa shape index (κ2) is 7.98. The first kappa shape index (κ1) is 20.2. The molecule has 0 saturated carbocycles. The maximum absolute atomic E-state index is 13.0. The van der Waals surface area contributed by atoms with Gasteiger partial charge in [-0.25, -0.2) is 9.69 Å². The van der Waals surface area contributed by atoms with Gasteiger partial charge in [0.1, 0.15) is 6.54 Å². The van der Waals surface area contributed by atoms with E-state index in [1.165, 1.54) is 18.2 Å². The molecule has 0 aliphatic carbocycles. The van der Waals surface area contributed by atoms with E-state index in [0.717, 1.165) is 10.5 Å². The number of esters is 1. The quantitative estimate of drug-likeness (QED) is 0.580. The molecule has 1 fully saturated rings. The Balaban J connectivity index is 1.49. The highest BCUT2D eigenvalue weighted by molar-refractivity contribution is 6.25. The molecule has 2 atom stereocenters. The number of hydrogen-bond donors (Lipinski definition) is 1. The van der Waals surface area contributed by atoms with Crippen molar-refractivity contribution in [2.24, 2.45) is 10.3 Å². The average molecular weight is 421 g/mol. The van der Waals surface area contributed by atoms with Gasteiger partial charge in [0.15, 0.2) is 12.1 Å². The molecule has 2 aromatic rings. The summed E-state index contributed by atoms with van der Waals surface area (Å²) in [6, 6.07) is 11.4. The summed E-state index contributed by atoms with van der Waals surface area (Å²) in [6.07, 6.45) is 0. The third kappa shape index (κ3) is 3.63. The van der Waals surface area contributed by atoms with Crippen molar-refractivity contribution < 1.29 is 23.9 Å². The summed E-state index contributed by atoms with van der Waals surface area (Å²) in [5.41, 5.74) is 1.90. The highest BCUT2D eigenvalue weighted by Gasteiger charge is 2.55. The Kier molecular flexibility index (Phi) is 5.20. The molecule has 3 amide bonds. The topological polar surface area (TPSA) is 121 Å². The summed E-state index contributed by atoms with van der Waals surface area (Å²) >= 11 is 0. The fourth-order valence-electron chi connectivity index (χ4n) is 3.52. The van der Waals surface area contributed by atoms with E-state index >= 15 is 0 Å². The molecule has 0 spiro atoms. The van der Waals surface area contributed by atoms with Gasteiger partial charge in [0.25, 0.3) is 11.8 Å². The SMILES string of the molecule is COC(=O)c1ccccc1NC(=O)CN1N=NC2C(=O)N(c3ccc(C)cc3)C(=O)C21. The van der Waals surface area contributed by atoms with Crippen molar-refractivity contribution in [3.05, 3.63) is 59.7 Å². The van der Waals surface area contributed by atoms with Crippen LogP contribution in [-0.2, 0) is 19.1 Å². The average Bonchev–Trinajstić information content (AvgIpc) is 3.28. The van der Waals surface area contributed by atoms with Gasteiger partial charge >= 0.3 is 5.97 Å². The fourth-order valence-corrected chi connectivity index (χ4v) is 3.52. The van der Waals surface area contributed by atoms with Crippen LogP contribution in [0.1, 0.15) is 15.9 Å². The van der Waals surface area contributed by atoms with Crippen molar-refractivity contribution >= 4 is 35.1 Å². The first-order valence-electron chi connectivity index (χ1n) is 9.50. The number of amides is 3. The third-order valence-electron chi connectivity index (χ3n) is 5.06. The second-order valence-electron chi connectivity index (χ2n) is 7.12. The van der Waals surface area contributed by atoms with Crippen molar-refractivity contribution in [3.63, 3.8) is 0 Å². The number of imide groups is 1. The van der Waals surface area contributed by atoms with Gasteiger partial charge < -0.3 is 10.1 Å². The monoisotopic (exact) mass is 421 g/mol. The van der Waals surface area contributed by atoms with E-state index in [2.05, 4.69) is 15.7 Å². The zero-order valence-electron chi connectivity index (χ0n) is 16.8. The lowest BCUT2D eigenvalue weighted by Crippen LogP contribution is -2.43. The van der Waals surface area contributed by atoms with Crippen LogP contribution in [0, 0.1) is 6.92 Å². The minimum Gasteiger partial charge on any atom is -0.465 e. The molecule has 2 heterocycles. The van der Waals surface area contributed by atoms with Crippen LogP contribution in [0.2, 0.25) is 0 Å².